The molecule has 3 rings (SSSR count). The maximum atomic E-state index is 13.1. The van der Waals surface area contributed by atoms with E-state index in [0.717, 1.165) is 16.4 Å². The Kier molecular flexibility index (Phi) is 5.38. The maximum Gasteiger partial charge on any atom is 0.243 e. The molecule has 2 aromatic rings. The molecule has 1 aliphatic rings. The molecule has 142 valence electrons. The van der Waals surface area contributed by atoms with Crippen LogP contribution in [0.4, 0.5) is 10.1 Å². The quantitative estimate of drug-likeness (QED) is 0.796. The number of benzene rings is 2. The van der Waals surface area contributed by atoms with Crippen LogP contribution in [0.5, 0.6) is 0 Å². The summed E-state index contributed by atoms with van der Waals surface area (Å²) in [5.74, 6) is -1.12. The van der Waals surface area contributed by atoms with Gasteiger partial charge >= 0.3 is 0 Å². The van der Waals surface area contributed by atoms with E-state index in [9.17, 15) is 22.4 Å². The number of carbonyl (C=O) groups excluding carboxylic acids is 2. The summed E-state index contributed by atoms with van der Waals surface area (Å²) in [5, 5.41) is 2.68. The predicted octanol–water partition coefficient (Wildman–Crippen LogP) is 2.82. The summed E-state index contributed by atoms with van der Waals surface area (Å²) in [6.45, 7) is 1.64. The van der Waals surface area contributed by atoms with Crippen LogP contribution in [-0.2, 0) is 14.8 Å². The third-order valence-electron chi connectivity index (χ3n) is 4.46. The van der Waals surface area contributed by atoms with Crippen molar-refractivity contribution in [1.82, 2.24) is 4.31 Å². The highest BCUT2D eigenvalue weighted by molar-refractivity contribution is 7.89. The van der Waals surface area contributed by atoms with Gasteiger partial charge < -0.3 is 5.32 Å². The van der Waals surface area contributed by atoms with E-state index < -0.39 is 27.8 Å². The van der Waals surface area contributed by atoms with Crippen molar-refractivity contribution in [2.45, 2.75) is 30.7 Å². The number of nitrogens with zero attached hydrogens (tertiary/aromatic N) is 1. The number of hydrogen-bond acceptors (Lipinski definition) is 4. The summed E-state index contributed by atoms with van der Waals surface area (Å²) in [7, 11) is -3.91. The van der Waals surface area contributed by atoms with Gasteiger partial charge in [0.1, 0.15) is 11.9 Å². The molecule has 6 nitrogen and oxygen atoms in total. The summed E-state index contributed by atoms with van der Waals surface area (Å²) in [6, 6.07) is 10.1. The van der Waals surface area contributed by atoms with Gasteiger partial charge in [0.05, 0.1) is 4.90 Å². The van der Waals surface area contributed by atoms with Crippen molar-refractivity contribution in [3.8, 4) is 0 Å². The minimum Gasteiger partial charge on any atom is -0.325 e. The molecule has 0 saturated carbocycles. The first kappa shape index (κ1) is 19.2. The van der Waals surface area contributed by atoms with Crippen LogP contribution < -0.4 is 5.32 Å². The average Bonchev–Trinajstić information content (AvgIpc) is 3.13. The van der Waals surface area contributed by atoms with Gasteiger partial charge in [0, 0.05) is 17.8 Å². The Morgan fingerprint density at radius 3 is 2.52 bits per heavy atom. The summed E-state index contributed by atoms with van der Waals surface area (Å²) < 4.78 is 39.9. The molecule has 0 aliphatic carbocycles. The van der Waals surface area contributed by atoms with Gasteiger partial charge in [0.2, 0.25) is 15.9 Å². The van der Waals surface area contributed by atoms with Crippen LogP contribution in [0.25, 0.3) is 0 Å². The lowest BCUT2D eigenvalue weighted by Gasteiger charge is -2.23. The van der Waals surface area contributed by atoms with E-state index in [-0.39, 0.29) is 17.2 Å². The summed E-state index contributed by atoms with van der Waals surface area (Å²) in [4.78, 5) is 24.1. The lowest BCUT2D eigenvalue weighted by atomic mass is 10.1. The molecule has 1 unspecified atom stereocenters. The first-order valence-electron chi connectivity index (χ1n) is 8.48. The minimum atomic E-state index is -3.91. The fourth-order valence-corrected chi connectivity index (χ4v) is 4.73. The predicted molar refractivity (Wildman–Crippen MR) is 98.4 cm³/mol. The van der Waals surface area contributed by atoms with Crippen LogP contribution in [0.1, 0.15) is 30.1 Å². The van der Waals surface area contributed by atoms with Crippen molar-refractivity contribution in [1.29, 1.82) is 0 Å². The summed E-state index contributed by atoms with van der Waals surface area (Å²) >= 11 is 0. The van der Waals surface area contributed by atoms with E-state index in [2.05, 4.69) is 5.32 Å². The molecule has 1 amide bonds. The highest BCUT2D eigenvalue weighted by Crippen LogP contribution is 2.27. The number of rotatable bonds is 5. The Morgan fingerprint density at radius 1 is 1.15 bits per heavy atom. The zero-order valence-corrected chi connectivity index (χ0v) is 15.5. The van der Waals surface area contributed by atoms with Gasteiger partial charge in [0.15, 0.2) is 5.78 Å². The molecular weight excluding hydrogens is 371 g/mol. The molecule has 0 radical (unpaired) electrons. The fraction of sp³-hybridized carbons (Fsp3) is 0.263. The van der Waals surface area contributed by atoms with Crippen LogP contribution in [0.2, 0.25) is 0 Å². The Morgan fingerprint density at radius 2 is 1.85 bits per heavy atom. The molecule has 0 spiro atoms. The van der Waals surface area contributed by atoms with Crippen LogP contribution in [-0.4, -0.2) is 37.0 Å². The Balaban J connectivity index is 1.81. The topological polar surface area (TPSA) is 83.6 Å². The summed E-state index contributed by atoms with van der Waals surface area (Å²) in [5.41, 5.74) is 0.883. The van der Waals surface area contributed by atoms with Crippen molar-refractivity contribution in [3.63, 3.8) is 0 Å². The third kappa shape index (κ3) is 4.06. The molecule has 2 aromatic carbocycles. The van der Waals surface area contributed by atoms with E-state index in [1.807, 2.05) is 0 Å². The van der Waals surface area contributed by atoms with E-state index in [1.165, 1.54) is 19.1 Å². The SMILES string of the molecule is CC(=O)c1cccc(NC(=O)C2CCCN2S(=O)(=O)c2ccc(F)cc2)c1. The molecule has 1 heterocycles. The highest BCUT2D eigenvalue weighted by Gasteiger charge is 2.39. The van der Waals surface area contributed by atoms with Gasteiger partial charge in [-0.25, -0.2) is 12.8 Å². The Bertz CT molecular complexity index is 973. The number of carbonyl (C=O) groups is 2. The largest absolute Gasteiger partial charge is 0.325 e. The second-order valence-corrected chi connectivity index (χ2v) is 8.24. The molecule has 1 N–H and O–H groups in total. The monoisotopic (exact) mass is 390 g/mol. The fourth-order valence-electron chi connectivity index (χ4n) is 3.07. The Labute approximate surface area is 157 Å². The number of ketones is 1. The number of Topliss-reactive ketones (excluding diaryl/α,β-unsaturated/α-hetero) is 1. The average molecular weight is 390 g/mol. The second kappa shape index (κ2) is 7.58. The van der Waals surface area contributed by atoms with Gasteiger partial charge in [-0.1, -0.05) is 12.1 Å². The van der Waals surface area contributed by atoms with Crippen LogP contribution in [0.15, 0.2) is 53.4 Å². The molecule has 1 atom stereocenters. The van der Waals surface area contributed by atoms with Gasteiger partial charge in [0.25, 0.3) is 0 Å². The number of amides is 1. The van der Waals surface area contributed by atoms with Crippen molar-refractivity contribution >= 4 is 27.4 Å². The van der Waals surface area contributed by atoms with Crippen LogP contribution in [0.3, 0.4) is 0 Å². The van der Waals surface area contributed by atoms with E-state index in [0.29, 0.717) is 24.1 Å². The highest BCUT2D eigenvalue weighted by atomic mass is 32.2. The van der Waals surface area contributed by atoms with E-state index in [1.54, 1.807) is 24.3 Å². The molecule has 1 fully saturated rings. The Hall–Kier alpha value is -2.58. The lowest BCUT2D eigenvalue weighted by Crippen LogP contribution is -2.43. The normalized spacial score (nSPS) is 17.6. The van der Waals surface area contributed by atoms with Gasteiger partial charge in [-0.2, -0.15) is 4.31 Å². The second-order valence-electron chi connectivity index (χ2n) is 6.35. The van der Waals surface area contributed by atoms with Crippen LogP contribution in [0, 0.1) is 5.82 Å². The number of nitrogens with one attached hydrogen (secondary N) is 1. The number of anilines is 1. The zero-order valence-electron chi connectivity index (χ0n) is 14.7. The summed E-state index contributed by atoms with van der Waals surface area (Å²) in [6.07, 6.45) is 0.935. The first-order chi connectivity index (χ1) is 12.8. The third-order valence-corrected chi connectivity index (χ3v) is 6.39. The molecule has 1 saturated heterocycles. The molecule has 0 bridgehead atoms. The van der Waals surface area contributed by atoms with Crippen molar-refractivity contribution in [2.24, 2.45) is 0 Å². The molecule has 8 heteroatoms. The zero-order chi connectivity index (χ0) is 19.6. The maximum absolute atomic E-state index is 13.1. The number of hydrogen-bond donors (Lipinski definition) is 1. The molecular formula is C19H19FN2O4S. The van der Waals surface area contributed by atoms with E-state index >= 15 is 0 Å². The first-order valence-corrected chi connectivity index (χ1v) is 9.92. The van der Waals surface area contributed by atoms with E-state index in [4.69, 9.17) is 0 Å². The van der Waals surface area contributed by atoms with Gasteiger partial charge in [-0.05, 0) is 56.2 Å². The van der Waals surface area contributed by atoms with Crippen molar-refractivity contribution < 1.29 is 22.4 Å². The number of sulfonamides is 1. The lowest BCUT2D eigenvalue weighted by molar-refractivity contribution is -0.119. The molecule has 1 aliphatic heterocycles. The number of halogens is 1. The van der Waals surface area contributed by atoms with Crippen molar-refractivity contribution in [2.75, 3.05) is 11.9 Å². The molecule has 0 aromatic heterocycles. The van der Waals surface area contributed by atoms with Crippen molar-refractivity contribution in [3.05, 3.63) is 59.9 Å². The standard InChI is InChI=1S/C19H19FN2O4S/c1-13(23)14-4-2-5-16(12-14)21-19(24)18-6-3-11-22(18)27(25,26)17-9-7-15(20)8-10-17/h2,4-5,7-10,12,18H,3,6,11H2,1H3,(H,21,24). The van der Waals surface area contributed by atoms with Gasteiger partial charge in [-0.15, -0.1) is 0 Å². The van der Waals surface area contributed by atoms with Crippen LogP contribution >= 0.6 is 0 Å². The smallest absolute Gasteiger partial charge is 0.243 e. The van der Waals surface area contributed by atoms with Gasteiger partial charge in [-0.3, -0.25) is 9.59 Å². The molecule has 27 heavy (non-hydrogen) atoms. The minimum absolute atomic E-state index is 0.0535.